The van der Waals surface area contributed by atoms with Crippen LogP contribution in [-0.2, 0) is 11.2 Å². The van der Waals surface area contributed by atoms with Crippen LogP contribution in [0.5, 0.6) is 0 Å². The van der Waals surface area contributed by atoms with Gasteiger partial charge in [0.15, 0.2) is 0 Å². The van der Waals surface area contributed by atoms with Gasteiger partial charge >= 0.3 is 5.97 Å². The van der Waals surface area contributed by atoms with Crippen LogP contribution in [0.15, 0.2) is 22.7 Å². The molecule has 1 aromatic rings. The molecule has 0 radical (unpaired) electrons. The molecule has 0 atom stereocenters. The summed E-state index contributed by atoms with van der Waals surface area (Å²) in [6.45, 7) is 3.74. The standard InChI is InChI=1S/C13H17BrFNO2/c1-13(2,12(17)18)16(3)7-6-9-8-10(14)4-5-11(9)15/h4-5,8H,6-7H2,1-3H3,(H,17,18). The third-order valence-corrected chi connectivity index (χ3v) is 3.70. The molecule has 0 fully saturated rings. The van der Waals surface area contributed by atoms with E-state index in [9.17, 15) is 9.18 Å². The van der Waals surface area contributed by atoms with Crippen molar-refractivity contribution in [1.29, 1.82) is 0 Å². The fraction of sp³-hybridized carbons (Fsp3) is 0.462. The first-order valence-corrected chi connectivity index (χ1v) is 6.43. The minimum atomic E-state index is -0.956. The number of likely N-dealkylation sites (N-methyl/N-ethyl adjacent to an activating group) is 1. The molecule has 0 aliphatic heterocycles. The third-order valence-electron chi connectivity index (χ3n) is 3.20. The van der Waals surface area contributed by atoms with Gasteiger partial charge in [0, 0.05) is 11.0 Å². The maximum atomic E-state index is 13.5. The Bertz CT molecular complexity index is 449. The summed E-state index contributed by atoms with van der Waals surface area (Å²) in [6, 6.07) is 4.77. The second-order valence-corrected chi connectivity index (χ2v) is 5.69. The molecule has 18 heavy (non-hydrogen) atoms. The van der Waals surface area contributed by atoms with Gasteiger partial charge in [0.25, 0.3) is 0 Å². The highest BCUT2D eigenvalue weighted by atomic mass is 79.9. The van der Waals surface area contributed by atoms with Crippen molar-refractivity contribution in [1.82, 2.24) is 4.90 Å². The van der Waals surface area contributed by atoms with Crippen molar-refractivity contribution in [2.45, 2.75) is 25.8 Å². The van der Waals surface area contributed by atoms with Gasteiger partial charge in [-0.15, -0.1) is 0 Å². The molecule has 0 aromatic heterocycles. The highest BCUT2D eigenvalue weighted by Crippen LogP contribution is 2.18. The van der Waals surface area contributed by atoms with Crippen LogP contribution in [0.3, 0.4) is 0 Å². The quantitative estimate of drug-likeness (QED) is 0.907. The summed E-state index contributed by atoms with van der Waals surface area (Å²) in [6.07, 6.45) is 0.471. The number of hydrogen-bond acceptors (Lipinski definition) is 2. The minimum absolute atomic E-state index is 0.264. The van der Waals surface area contributed by atoms with Crippen molar-refractivity contribution in [3.8, 4) is 0 Å². The van der Waals surface area contributed by atoms with Crippen molar-refractivity contribution in [2.24, 2.45) is 0 Å². The lowest BCUT2D eigenvalue weighted by Gasteiger charge is -2.31. The maximum Gasteiger partial charge on any atom is 0.323 e. The predicted octanol–water partition coefficient (Wildman–Crippen LogP) is 2.93. The Kier molecular flexibility index (Phi) is 4.87. The SMILES string of the molecule is CN(CCc1cc(Br)ccc1F)C(C)(C)C(=O)O. The van der Waals surface area contributed by atoms with Crippen LogP contribution in [0, 0.1) is 5.82 Å². The predicted molar refractivity (Wildman–Crippen MR) is 72.1 cm³/mol. The number of carboxylic acid groups (broad SMARTS) is 1. The van der Waals surface area contributed by atoms with Gasteiger partial charge in [0.05, 0.1) is 0 Å². The summed E-state index contributed by atoms with van der Waals surface area (Å²) in [5.41, 5.74) is -0.375. The largest absolute Gasteiger partial charge is 0.480 e. The van der Waals surface area contributed by atoms with Crippen molar-refractivity contribution in [2.75, 3.05) is 13.6 Å². The highest BCUT2D eigenvalue weighted by Gasteiger charge is 2.31. The number of benzene rings is 1. The van der Waals surface area contributed by atoms with E-state index in [0.717, 1.165) is 4.47 Å². The highest BCUT2D eigenvalue weighted by molar-refractivity contribution is 9.10. The summed E-state index contributed by atoms with van der Waals surface area (Å²) >= 11 is 3.29. The molecule has 0 spiro atoms. The van der Waals surface area contributed by atoms with Crippen molar-refractivity contribution in [3.63, 3.8) is 0 Å². The topological polar surface area (TPSA) is 40.5 Å². The van der Waals surface area contributed by atoms with Crippen LogP contribution >= 0.6 is 15.9 Å². The number of carbonyl (C=O) groups is 1. The lowest BCUT2D eigenvalue weighted by molar-refractivity contribution is -0.148. The van der Waals surface area contributed by atoms with Crippen LogP contribution in [0.2, 0.25) is 0 Å². The summed E-state index contributed by atoms with van der Waals surface area (Å²) < 4.78 is 14.3. The Balaban J connectivity index is 2.71. The second kappa shape index (κ2) is 5.80. The number of rotatable bonds is 5. The van der Waals surface area contributed by atoms with E-state index in [0.29, 0.717) is 18.5 Å². The first-order valence-electron chi connectivity index (χ1n) is 5.63. The molecule has 1 aromatic carbocycles. The molecule has 0 saturated carbocycles. The lowest BCUT2D eigenvalue weighted by Crippen LogP contribution is -2.48. The number of halogens is 2. The molecule has 0 aliphatic carbocycles. The van der Waals surface area contributed by atoms with Crippen LogP contribution in [-0.4, -0.2) is 35.1 Å². The van der Waals surface area contributed by atoms with Gasteiger partial charge in [-0.2, -0.15) is 0 Å². The van der Waals surface area contributed by atoms with Gasteiger partial charge in [0.1, 0.15) is 11.4 Å². The molecule has 3 nitrogen and oxygen atoms in total. The fourth-order valence-corrected chi connectivity index (χ4v) is 1.87. The van der Waals surface area contributed by atoms with Crippen molar-refractivity contribution >= 4 is 21.9 Å². The monoisotopic (exact) mass is 317 g/mol. The number of carboxylic acids is 1. The molecule has 1 N–H and O–H groups in total. The van der Waals surface area contributed by atoms with E-state index in [2.05, 4.69) is 15.9 Å². The fourth-order valence-electron chi connectivity index (χ4n) is 1.47. The van der Waals surface area contributed by atoms with Gasteiger partial charge in [-0.05, 0) is 51.1 Å². The molecule has 0 unspecified atom stereocenters. The van der Waals surface area contributed by atoms with E-state index in [4.69, 9.17) is 5.11 Å². The van der Waals surface area contributed by atoms with Gasteiger partial charge in [-0.1, -0.05) is 15.9 Å². The van der Waals surface area contributed by atoms with E-state index >= 15 is 0 Å². The normalized spacial score (nSPS) is 11.9. The third kappa shape index (κ3) is 3.53. The number of nitrogens with zero attached hydrogens (tertiary/aromatic N) is 1. The molecule has 0 aliphatic rings. The lowest BCUT2D eigenvalue weighted by atomic mass is 10.0. The Morgan fingerprint density at radius 1 is 1.50 bits per heavy atom. The van der Waals surface area contributed by atoms with E-state index in [1.807, 2.05) is 0 Å². The molecule has 5 heteroatoms. The van der Waals surface area contributed by atoms with Gasteiger partial charge in [0.2, 0.25) is 0 Å². The molecule has 1 rings (SSSR count). The summed E-state index contributed by atoms with van der Waals surface area (Å²) in [7, 11) is 1.73. The van der Waals surface area contributed by atoms with Crippen LogP contribution in [0.25, 0.3) is 0 Å². The van der Waals surface area contributed by atoms with Crippen molar-refractivity contribution in [3.05, 3.63) is 34.1 Å². The Morgan fingerprint density at radius 2 is 2.11 bits per heavy atom. The van der Waals surface area contributed by atoms with Crippen molar-refractivity contribution < 1.29 is 14.3 Å². The number of hydrogen-bond donors (Lipinski definition) is 1. The minimum Gasteiger partial charge on any atom is -0.480 e. The zero-order valence-corrected chi connectivity index (χ0v) is 12.3. The zero-order chi connectivity index (χ0) is 13.9. The molecular formula is C13H17BrFNO2. The first-order chi connectivity index (χ1) is 8.25. The smallest absolute Gasteiger partial charge is 0.323 e. The maximum absolute atomic E-state index is 13.5. The van der Waals surface area contributed by atoms with Gasteiger partial charge in [-0.25, -0.2) is 4.39 Å². The molecule has 0 heterocycles. The van der Waals surface area contributed by atoms with E-state index in [-0.39, 0.29) is 5.82 Å². The Hall–Kier alpha value is -0.940. The van der Waals surface area contributed by atoms with E-state index < -0.39 is 11.5 Å². The average Bonchev–Trinajstić information content (AvgIpc) is 2.29. The van der Waals surface area contributed by atoms with Crippen LogP contribution < -0.4 is 0 Å². The van der Waals surface area contributed by atoms with Crippen LogP contribution in [0.4, 0.5) is 4.39 Å². The Labute approximate surface area is 115 Å². The molecule has 100 valence electrons. The van der Waals surface area contributed by atoms with E-state index in [1.165, 1.54) is 6.07 Å². The first kappa shape index (κ1) is 15.1. The molecule has 0 saturated heterocycles. The molecular weight excluding hydrogens is 301 g/mol. The van der Waals surface area contributed by atoms with Gasteiger partial charge < -0.3 is 5.11 Å². The number of aliphatic carboxylic acids is 1. The second-order valence-electron chi connectivity index (χ2n) is 4.77. The summed E-state index contributed by atoms with van der Waals surface area (Å²) in [5.74, 6) is -1.15. The van der Waals surface area contributed by atoms with Gasteiger partial charge in [-0.3, -0.25) is 9.69 Å². The Morgan fingerprint density at radius 3 is 2.67 bits per heavy atom. The molecule has 0 bridgehead atoms. The summed E-state index contributed by atoms with van der Waals surface area (Å²) in [4.78, 5) is 12.8. The molecule has 0 amide bonds. The van der Waals surface area contributed by atoms with Crippen LogP contribution in [0.1, 0.15) is 19.4 Å². The average molecular weight is 318 g/mol. The summed E-state index contributed by atoms with van der Waals surface area (Å²) in [5, 5.41) is 9.08. The van der Waals surface area contributed by atoms with E-state index in [1.54, 1.807) is 37.9 Å². The zero-order valence-electron chi connectivity index (χ0n) is 10.7.